The summed E-state index contributed by atoms with van der Waals surface area (Å²) in [6.07, 6.45) is -0.737. The van der Waals surface area contributed by atoms with Gasteiger partial charge in [0.05, 0.1) is 6.61 Å². The van der Waals surface area contributed by atoms with E-state index in [9.17, 15) is 19.5 Å². The van der Waals surface area contributed by atoms with Crippen LogP contribution in [0, 0.1) is 5.92 Å². The number of alkyl carbamates (subject to hydrolysis) is 1. The number of carboxylic acids is 1. The summed E-state index contributed by atoms with van der Waals surface area (Å²) in [6.45, 7) is 3.44. The van der Waals surface area contributed by atoms with Crippen molar-refractivity contribution in [3.05, 3.63) is 59.7 Å². The first-order valence-electron chi connectivity index (χ1n) is 10.5. The minimum atomic E-state index is -1.22. The number of methoxy groups -OCH3 is 1. The van der Waals surface area contributed by atoms with Crippen LogP contribution >= 0.6 is 0 Å². The highest BCUT2D eigenvalue weighted by Gasteiger charge is 2.31. The molecule has 0 radical (unpaired) electrons. The minimum Gasteiger partial charge on any atom is -0.480 e. The molecule has 0 aliphatic heterocycles. The van der Waals surface area contributed by atoms with Gasteiger partial charge in [-0.15, -0.1) is 0 Å². The topological polar surface area (TPSA) is 114 Å². The Labute approximate surface area is 186 Å². The van der Waals surface area contributed by atoms with Gasteiger partial charge in [-0.05, 0) is 28.2 Å². The quantitative estimate of drug-likeness (QED) is 0.553. The van der Waals surface area contributed by atoms with E-state index in [4.69, 9.17) is 9.47 Å². The van der Waals surface area contributed by atoms with Crippen molar-refractivity contribution in [1.82, 2.24) is 10.6 Å². The molecule has 3 rings (SSSR count). The molecule has 0 spiro atoms. The van der Waals surface area contributed by atoms with Crippen molar-refractivity contribution in [1.29, 1.82) is 0 Å². The predicted octanol–water partition coefficient (Wildman–Crippen LogP) is 2.77. The Kier molecular flexibility index (Phi) is 7.48. The first-order valence-corrected chi connectivity index (χ1v) is 10.5. The zero-order chi connectivity index (χ0) is 23.3. The lowest BCUT2D eigenvalue weighted by atomic mass is 9.98. The highest BCUT2D eigenvalue weighted by molar-refractivity contribution is 5.89. The van der Waals surface area contributed by atoms with Crippen LogP contribution in [0.25, 0.3) is 11.1 Å². The van der Waals surface area contributed by atoms with Gasteiger partial charge in [-0.1, -0.05) is 62.4 Å². The van der Waals surface area contributed by atoms with E-state index >= 15 is 0 Å². The van der Waals surface area contributed by atoms with Crippen LogP contribution in [0.4, 0.5) is 4.79 Å². The van der Waals surface area contributed by atoms with Crippen molar-refractivity contribution in [2.45, 2.75) is 31.8 Å². The van der Waals surface area contributed by atoms with Gasteiger partial charge in [0.25, 0.3) is 0 Å². The summed E-state index contributed by atoms with van der Waals surface area (Å²) in [4.78, 5) is 36.4. The van der Waals surface area contributed by atoms with Gasteiger partial charge >= 0.3 is 12.1 Å². The van der Waals surface area contributed by atoms with E-state index in [-0.39, 0.29) is 25.0 Å². The summed E-state index contributed by atoms with van der Waals surface area (Å²) < 4.78 is 10.3. The maximum atomic E-state index is 12.6. The number of carboxylic acid groups (broad SMARTS) is 1. The maximum Gasteiger partial charge on any atom is 0.407 e. The molecule has 1 aliphatic carbocycles. The Morgan fingerprint density at radius 3 is 2.03 bits per heavy atom. The molecule has 1 unspecified atom stereocenters. The van der Waals surface area contributed by atoms with Crippen molar-refractivity contribution in [2.75, 3.05) is 20.3 Å². The lowest BCUT2D eigenvalue weighted by molar-refractivity contribution is -0.143. The molecule has 0 bridgehead atoms. The number of hydrogen-bond donors (Lipinski definition) is 3. The Balaban J connectivity index is 1.65. The van der Waals surface area contributed by atoms with Crippen LogP contribution in [0.3, 0.4) is 0 Å². The molecule has 0 saturated carbocycles. The molecule has 0 saturated heterocycles. The maximum absolute atomic E-state index is 12.6. The summed E-state index contributed by atoms with van der Waals surface area (Å²) in [7, 11) is 1.34. The van der Waals surface area contributed by atoms with Gasteiger partial charge in [0, 0.05) is 13.0 Å². The van der Waals surface area contributed by atoms with Gasteiger partial charge in [0.15, 0.2) is 6.04 Å². The zero-order valence-electron chi connectivity index (χ0n) is 18.3. The van der Waals surface area contributed by atoms with E-state index in [2.05, 4.69) is 10.6 Å². The van der Waals surface area contributed by atoms with Gasteiger partial charge in [-0.2, -0.15) is 0 Å². The van der Waals surface area contributed by atoms with Gasteiger partial charge < -0.3 is 25.2 Å². The van der Waals surface area contributed by atoms with Crippen LogP contribution in [0.2, 0.25) is 0 Å². The second kappa shape index (κ2) is 10.3. The highest BCUT2D eigenvalue weighted by atomic mass is 16.5. The standard InChI is InChI=1S/C24H28N2O6/c1-14(2)21(22(27)25-20(13-31-3)23(28)29)26-24(30)32-12-19-17-10-6-4-8-15(17)16-9-5-7-11-18(16)19/h4-11,14,19-21H,12-13H2,1-3H3,(H,25,27)(H,26,30)(H,28,29)/t20?,21-/m0/s1. The molecule has 0 fully saturated rings. The minimum absolute atomic E-state index is 0.0995. The monoisotopic (exact) mass is 440 g/mol. The summed E-state index contributed by atoms with van der Waals surface area (Å²) in [5, 5.41) is 14.2. The Bertz CT molecular complexity index is 944. The van der Waals surface area contributed by atoms with Crippen LogP contribution in [-0.2, 0) is 19.1 Å². The zero-order valence-corrected chi connectivity index (χ0v) is 18.3. The number of amides is 2. The third-order valence-corrected chi connectivity index (χ3v) is 5.51. The molecule has 0 heterocycles. The van der Waals surface area contributed by atoms with Crippen molar-refractivity contribution in [3.63, 3.8) is 0 Å². The van der Waals surface area contributed by atoms with Gasteiger partial charge in [-0.25, -0.2) is 9.59 Å². The first-order chi connectivity index (χ1) is 15.3. The molecule has 3 N–H and O–H groups in total. The Morgan fingerprint density at radius 2 is 1.53 bits per heavy atom. The molecule has 0 aromatic heterocycles. The lowest BCUT2D eigenvalue weighted by Gasteiger charge is -2.24. The summed E-state index contributed by atoms with van der Waals surface area (Å²) in [5.74, 6) is -2.22. The third kappa shape index (κ3) is 5.08. The molecule has 8 nitrogen and oxygen atoms in total. The van der Waals surface area contributed by atoms with Crippen molar-refractivity contribution in [2.24, 2.45) is 5.92 Å². The van der Waals surface area contributed by atoms with Crippen LogP contribution in [0.5, 0.6) is 0 Å². The Hall–Kier alpha value is -3.39. The number of hydrogen-bond acceptors (Lipinski definition) is 5. The molecular formula is C24H28N2O6. The van der Waals surface area contributed by atoms with Crippen molar-refractivity contribution >= 4 is 18.0 Å². The van der Waals surface area contributed by atoms with Gasteiger partial charge in [-0.3, -0.25) is 4.79 Å². The van der Waals surface area contributed by atoms with Crippen LogP contribution in [-0.4, -0.2) is 55.5 Å². The summed E-state index contributed by atoms with van der Waals surface area (Å²) in [6, 6.07) is 13.8. The fraction of sp³-hybridized carbons (Fsp3) is 0.375. The Morgan fingerprint density at radius 1 is 0.969 bits per heavy atom. The number of fused-ring (bicyclic) bond motifs is 3. The largest absolute Gasteiger partial charge is 0.480 e. The SMILES string of the molecule is COCC(NC(=O)[C@@H](NC(=O)OCC1c2ccccc2-c2ccccc21)C(C)C)C(=O)O. The summed E-state index contributed by atoms with van der Waals surface area (Å²) >= 11 is 0. The van der Waals surface area contributed by atoms with Gasteiger partial charge in [0.1, 0.15) is 12.6 Å². The predicted molar refractivity (Wildman–Crippen MR) is 118 cm³/mol. The van der Waals surface area contributed by atoms with Crippen molar-refractivity contribution < 1.29 is 29.0 Å². The molecule has 2 aromatic carbocycles. The average molecular weight is 440 g/mol. The van der Waals surface area contributed by atoms with Crippen LogP contribution in [0.1, 0.15) is 30.9 Å². The molecule has 170 valence electrons. The average Bonchev–Trinajstić information content (AvgIpc) is 3.09. The normalized spacial score (nSPS) is 14.2. The fourth-order valence-corrected chi connectivity index (χ4v) is 3.90. The van der Waals surface area contributed by atoms with E-state index in [0.717, 1.165) is 22.3 Å². The fourth-order valence-electron chi connectivity index (χ4n) is 3.90. The number of benzene rings is 2. The number of ether oxygens (including phenoxy) is 2. The van der Waals surface area contributed by atoms with E-state index in [1.807, 2.05) is 48.5 Å². The second-order valence-corrected chi connectivity index (χ2v) is 8.05. The van der Waals surface area contributed by atoms with E-state index in [0.29, 0.717) is 0 Å². The third-order valence-electron chi connectivity index (χ3n) is 5.51. The number of carbonyl (C=O) groups is 3. The number of nitrogens with one attached hydrogen (secondary N) is 2. The molecule has 2 atom stereocenters. The molecule has 1 aliphatic rings. The summed E-state index contributed by atoms with van der Waals surface area (Å²) in [5.41, 5.74) is 4.41. The van der Waals surface area contributed by atoms with Crippen molar-refractivity contribution in [3.8, 4) is 11.1 Å². The van der Waals surface area contributed by atoms with Gasteiger partial charge in [0.2, 0.25) is 5.91 Å². The van der Waals surface area contributed by atoms with E-state index < -0.39 is 30.1 Å². The first kappa shape index (κ1) is 23.3. The number of rotatable bonds is 9. The lowest BCUT2D eigenvalue weighted by Crippen LogP contribution is -2.54. The van der Waals surface area contributed by atoms with E-state index in [1.165, 1.54) is 7.11 Å². The number of aliphatic carboxylic acids is 1. The van der Waals surface area contributed by atoms with Crippen LogP contribution < -0.4 is 10.6 Å². The molecule has 2 amide bonds. The molecule has 32 heavy (non-hydrogen) atoms. The van der Waals surface area contributed by atoms with E-state index in [1.54, 1.807) is 13.8 Å². The highest BCUT2D eigenvalue weighted by Crippen LogP contribution is 2.44. The molecule has 2 aromatic rings. The smallest absolute Gasteiger partial charge is 0.407 e. The number of carbonyl (C=O) groups excluding carboxylic acids is 2. The second-order valence-electron chi connectivity index (χ2n) is 8.05. The molecule has 8 heteroatoms. The molecular weight excluding hydrogens is 412 g/mol. The van der Waals surface area contributed by atoms with Crippen LogP contribution in [0.15, 0.2) is 48.5 Å².